The van der Waals surface area contributed by atoms with Crippen LogP contribution >= 0.6 is 15.9 Å². The van der Waals surface area contributed by atoms with Crippen molar-refractivity contribution in [1.29, 1.82) is 0 Å². The molecule has 0 aliphatic carbocycles. The zero-order chi connectivity index (χ0) is 19.9. The zero-order valence-corrected chi connectivity index (χ0v) is 17.7. The van der Waals surface area contributed by atoms with Gasteiger partial charge in [-0.25, -0.2) is 0 Å². The summed E-state index contributed by atoms with van der Waals surface area (Å²) in [6, 6.07) is 15.1. The molecule has 28 heavy (non-hydrogen) atoms. The summed E-state index contributed by atoms with van der Waals surface area (Å²) < 4.78 is 6.39. The summed E-state index contributed by atoms with van der Waals surface area (Å²) in [7, 11) is 0. The number of benzene rings is 2. The predicted octanol–water partition coefficient (Wildman–Crippen LogP) is 3.77. The van der Waals surface area contributed by atoms with Gasteiger partial charge in [0.15, 0.2) is 0 Å². The number of ether oxygens (including phenoxy) is 1. The second-order valence-electron chi connectivity index (χ2n) is 6.79. The Kier molecular flexibility index (Phi) is 7.09. The maximum atomic E-state index is 12.7. The van der Waals surface area contributed by atoms with Crippen LogP contribution in [0.4, 0.5) is 0 Å². The molecule has 0 atom stereocenters. The van der Waals surface area contributed by atoms with Crippen molar-refractivity contribution in [2.45, 2.75) is 19.8 Å². The molecule has 2 aromatic carbocycles. The highest BCUT2D eigenvalue weighted by Crippen LogP contribution is 2.16. The lowest BCUT2D eigenvalue weighted by Crippen LogP contribution is -2.38. The van der Waals surface area contributed by atoms with Gasteiger partial charge in [0.05, 0.1) is 13.0 Å². The van der Waals surface area contributed by atoms with Crippen LogP contribution in [0.2, 0.25) is 0 Å². The van der Waals surface area contributed by atoms with Crippen LogP contribution in [0.1, 0.15) is 29.3 Å². The van der Waals surface area contributed by atoms with E-state index in [4.69, 9.17) is 4.74 Å². The number of hydrogen-bond acceptors (Lipinski definition) is 3. The van der Waals surface area contributed by atoms with Gasteiger partial charge in [0, 0.05) is 36.2 Å². The van der Waals surface area contributed by atoms with E-state index in [1.165, 1.54) is 0 Å². The first kappa shape index (κ1) is 20.4. The summed E-state index contributed by atoms with van der Waals surface area (Å²) >= 11 is 3.39. The van der Waals surface area contributed by atoms with Crippen LogP contribution in [0, 0.1) is 0 Å². The average Bonchev–Trinajstić information content (AvgIpc) is 2.96. The van der Waals surface area contributed by atoms with E-state index >= 15 is 0 Å². The quantitative estimate of drug-likeness (QED) is 0.704. The summed E-state index contributed by atoms with van der Waals surface area (Å²) in [6.45, 7) is 5.05. The summed E-state index contributed by atoms with van der Waals surface area (Å²) in [6.07, 6.45) is 1.16. The second-order valence-corrected chi connectivity index (χ2v) is 7.70. The molecular weight excluding hydrogens is 420 g/mol. The fourth-order valence-corrected chi connectivity index (χ4v) is 3.57. The fourth-order valence-electron chi connectivity index (χ4n) is 3.30. The number of halogens is 1. The molecule has 5 nitrogen and oxygen atoms in total. The normalized spacial score (nSPS) is 14.5. The molecule has 148 valence electrons. The Morgan fingerprint density at radius 3 is 2.25 bits per heavy atom. The van der Waals surface area contributed by atoms with Crippen LogP contribution in [0.25, 0.3) is 0 Å². The highest BCUT2D eigenvalue weighted by atomic mass is 79.9. The van der Waals surface area contributed by atoms with Gasteiger partial charge in [0.2, 0.25) is 5.91 Å². The summed E-state index contributed by atoms with van der Waals surface area (Å²) in [5.74, 6) is 0.936. The van der Waals surface area contributed by atoms with Gasteiger partial charge in [-0.2, -0.15) is 0 Å². The van der Waals surface area contributed by atoms with Crippen molar-refractivity contribution in [2.75, 3.05) is 32.8 Å². The molecule has 0 aromatic heterocycles. The Hall–Kier alpha value is -2.34. The highest BCUT2D eigenvalue weighted by molar-refractivity contribution is 9.10. The first-order valence-electron chi connectivity index (χ1n) is 9.61. The molecule has 0 radical (unpaired) electrons. The Morgan fingerprint density at radius 2 is 1.57 bits per heavy atom. The summed E-state index contributed by atoms with van der Waals surface area (Å²) in [5, 5.41) is 0. The molecule has 0 saturated carbocycles. The van der Waals surface area contributed by atoms with Crippen molar-refractivity contribution in [1.82, 2.24) is 9.80 Å². The van der Waals surface area contributed by atoms with Crippen LogP contribution < -0.4 is 4.74 Å². The minimum atomic E-state index is 0.0216. The molecule has 0 unspecified atom stereocenters. The van der Waals surface area contributed by atoms with Gasteiger partial charge in [-0.15, -0.1) is 0 Å². The Bertz CT molecular complexity index is 806. The molecular formula is C22H25BrN2O3. The Morgan fingerprint density at radius 1 is 0.929 bits per heavy atom. The number of carbonyl (C=O) groups excluding carboxylic acids is 2. The van der Waals surface area contributed by atoms with Gasteiger partial charge >= 0.3 is 0 Å². The molecule has 2 amide bonds. The van der Waals surface area contributed by atoms with Gasteiger partial charge in [0.25, 0.3) is 5.91 Å². The standard InChI is InChI=1S/C22H25BrN2O3/c1-2-28-20-10-4-17(5-11-20)16-21(26)24-12-3-13-25(15-14-24)22(27)18-6-8-19(23)9-7-18/h4-11H,2-3,12-16H2,1H3. The third-order valence-electron chi connectivity index (χ3n) is 4.82. The van der Waals surface area contributed by atoms with Crippen LogP contribution in [0.3, 0.4) is 0 Å². The maximum Gasteiger partial charge on any atom is 0.253 e. The van der Waals surface area contributed by atoms with E-state index in [2.05, 4.69) is 15.9 Å². The zero-order valence-electron chi connectivity index (χ0n) is 16.1. The molecule has 3 rings (SSSR count). The van der Waals surface area contributed by atoms with Gasteiger partial charge in [-0.3, -0.25) is 9.59 Å². The summed E-state index contributed by atoms with van der Waals surface area (Å²) in [4.78, 5) is 29.1. The van der Waals surface area contributed by atoms with Crippen molar-refractivity contribution in [3.8, 4) is 5.75 Å². The predicted molar refractivity (Wildman–Crippen MR) is 113 cm³/mol. The van der Waals surface area contributed by atoms with Crippen molar-refractivity contribution in [3.63, 3.8) is 0 Å². The van der Waals surface area contributed by atoms with E-state index in [0.29, 0.717) is 44.8 Å². The maximum absolute atomic E-state index is 12.7. The topological polar surface area (TPSA) is 49.9 Å². The van der Waals surface area contributed by atoms with E-state index in [1.54, 1.807) is 0 Å². The average molecular weight is 445 g/mol. The molecule has 1 heterocycles. The number of hydrogen-bond donors (Lipinski definition) is 0. The molecule has 1 fully saturated rings. The van der Waals surface area contributed by atoms with E-state index in [1.807, 2.05) is 65.3 Å². The van der Waals surface area contributed by atoms with Gasteiger partial charge in [-0.05, 0) is 55.3 Å². The number of nitrogens with zero attached hydrogens (tertiary/aromatic N) is 2. The van der Waals surface area contributed by atoms with Crippen LogP contribution in [0.5, 0.6) is 5.75 Å². The summed E-state index contributed by atoms with van der Waals surface area (Å²) in [5.41, 5.74) is 1.65. The Balaban J connectivity index is 1.56. The SMILES string of the molecule is CCOc1ccc(CC(=O)N2CCCN(C(=O)c3ccc(Br)cc3)CC2)cc1. The lowest BCUT2D eigenvalue weighted by atomic mass is 10.1. The van der Waals surface area contributed by atoms with Crippen LogP contribution in [0.15, 0.2) is 53.0 Å². The first-order chi connectivity index (χ1) is 13.6. The largest absolute Gasteiger partial charge is 0.494 e. The second kappa shape index (κ2) is 9.73. The van der Waals surface area contributed by atoms with Gasteiger partial charge in [-0.1, -0.05) is 28.1 Å². The van der Waals surface area contributed by atoms with Gasteiger partial charge in [0.1, 0.15) is 5.75 Å². The molecule has 1 aliphatic rings. The highest BCUT2D eigenvalue weighted by Gasteiger charge is 2.22. The van der Waals surface area contributed by atoms with Crippen molar-refractivity contribution in [2.24, 2.45) is 0 Å². The molecule has 0 spiro atoms. The lowest BCUT2D eigenvalue weighted by molar-refractivity contribution is -0.130. The fraction of sp³-hybridized carbons (Fsp3) is 0.364. The molecule has 2 aromatic rings. The third kappa shape index (κ3) is 5.35. The van der Waals surface area contributed by atoms with E-state index < -0.39 is 0 Å². The number of carbonyl (C=O) groups is 2. The monoisotopic (exact) mass is 444 g/mol. The van der Waals surface area contributed by atoms with Crippen molar-refractivity contribution >= 4 is 27.7 Å². The molecule has 0 N–H and O–H groups in total. The van der Waals surface area contributed by atoms with Crippen molar-refractivity contribution in [3.05, 3.63) is 64.1 Å². The van der Waals surface area contributed by atoms with Gasteiger partial charge < -0.3 is 14.5 Å². The lowest BCUT2D eigenvalue weighted by Gasteiger charge is -2.22. The minimum absolute atomic E-state index is 0.0216. The molecule has 1 saturated heterocycles. The molecule has 1 aliphatic heterocycles. The minimum Gasteiger partial charge on any atom is -0.494 e. The third-order valence-corrected chi connectivity index (χ3v) is 5.35. The smallest absolute Gasteiger partial charge is 0.253 e. The molecule has 6 heteroatoms. The number of rotatable bonds is 5. The van der Waals surface area contributed by atoms with Crippen LogP contribution in [-0.4, -0.2) is 54.4 Å². The Labute approximate surface area is 174 Å². The van der Waals surface area contributed by atoms with E-state index in [9.17, 15) is 9.59 Å². The van der Waals surface area contributed by atoms with Crippen molar-refractivity contribution < 1.29 is 14.3 Å². The van der Waals surface area contributed by atoms with E-state index in [0.717, 1.165) is 22.2 Å². The number of amides is 2. The van der Waals surface area contributed by atoms with E-state index in [-0.39, 0.29) is 11.8 Å². The first-order valence-corrected chi connectivity index (χ1v) is 10.4. The molecule has 0 bridgehead atoms. The van der Waals surface area contributed by atoms with Crippen LogP contribution in [-0.2, 0) is 11.2 Å².